The van der Waals surface area contributed by atoms with Crippen LogP contribution < -0.4 is 10.6 Å². The van der Waals surface area contributed by atoms with E-state index in [4.69, 9.17) is 5.26 Å². The fourth-order valence-corrected chi connectivity index (χ4v) is 2.69. The smallest absolute Gasteiger partial charge is 0.383 e. The monoisotopic (exact) mass is 297 g/mol. The lowest BCUT2D eigenvalue weighted by atomic mass is 10.0. The van der Waals surface area contributed by atoms with Gasteiger partial charge < -0.3 is 10.6 Å². The van der Waals surface area contributed by atoms with Crippen LogP contribution in [0.1, 0.15) is 37.3 Å². The van der Waals surface area contributed by atoms with Gasteiger partial charge >= 0.3 is 6.18 Å². The van der Waals surface area contributed by atoms with E-state index in [1.807, 2.05) is 6.92 Å². The maximum absolute atomic E-state index is 12.9. The molecule has 0 radical (unpaired) electrons. The van der Waals surface area contributed by atoms with E-state index in [1.165, 1.54) is 12.1 Å². The van der Waals surface area contributed by atoms with Gasteiger partial charge in [-0.25, -0.2) is 0 Å². The van der Waals surface area contributed by atoms with Gasteiger partial charge in [0, 0.05) is 17.8 Å². The van der Waals surface area contributed by atoms with Crippen LogP contribution in [0.3, 0.4) is 0 Å². The largest absolute Gasteiger partial charge is 0.417 e. The molecular formula is C15H18F3N3. The van der Waals surface area contributed by atoms with Crippen LogP contribution in [-0.2, 0) is 6.18 Å². The zero-order valence-electron chi connectivity index (χ0n) is 11.8. The van der Waals surface area contributed by atoms with E-state index < -0.39 is 11.7 Å². The molecule has 1 aliphatic heterocycles. The molecule has 6 heteroatoms. The first kappa shape index (κ1) is 15.6. The summed E-state index contributed by atoms with van der Waals surface area (Å²) < 4.78 is 38.7. The summed E-state index contributed by atoms with van der Waals surface area (Å²) in [6.07, 6.45) is -1.40. The molecular weight excluding hydrogens is 279 g/mol. The number of nitrogens with zero attached hydrogens (tertiary/aromatic N) is 1. The van der Waals surface area contributed by atoms with Gasteiger partial charge in [-0.3, -0.25) is 0 Å². The fraction of sp³-hybridized carbons (Fsp3) is 0.533. The topological polar surface area (TPSA) is 47.8 Å². The fourth-order valence-electron chi connectivity index (χ4n) is 2.69. The average molecular weight is 297 g/mol. The molecule has 1 heterocycles. The predicted octanol–water partition coefficient (Wildman–Crippen LogP) is 3.52. The Morgan fingerprint density at radius 1 is 1.48 bits per heavy atom. The second-order valence-electron chi connectivity index (χ2n) is 5.44. The van der Waals surface area contributed by atoms with Crippen molar-refractivity contribution in [3.63, 3.8) is 0 Å². The first-order valence-electron chi connectivity index (χ1n) is 7.01. The van der Waals surface area contributed by atoms with Crippen molar-refractivity contribution in [2.45, 2.75) is 44.4 Å². The average Bonchev–Trinajstić information content (AvgIpc) is 2.90. The number of hydrogen-bond acceptors (Lipinski definition) is 3. The van der Waals surface area contributed by atoms with Crippen molar-refractivity contribution in [1.29, 1.82) is 5.26 Å². The van der Waals surface area contributed by atoms with Gasteiger partial charge in [-0.1, -0.05) is 0 Å². The molecule has 3 nitrogen and oxygen atoms in total. The van der Waals surface area contributed by atoms with Crippen LogP contribution in [0.5, 0.6) is 0 Å². The van der Waals surface area contributed by atoms with E-state index >= 15 is 0 Å². The molecule has 1 aliphatic rings. The minimum atomic E-state index is -4.51. The van der Waals surface area contributed by atoms with Crippen LogP contribution in [0.15, 0.2) is 18.2 Å². The van der Waals surface area contributed by atoms with Gasteiger partial charge in [-0.2, -0.15) is 18.4 Å². The van der Waals surface area contributed by atoms with Gasteiger partial charge in [0.05, 0.1) is 17.2 Å². The molecule has 114 valence electrons. The number of alkyl halides is 3. The Balaban J connectivity index is 2.08. The van der Waals surface area contributed by atoms with Crippen LogP contribution in [0, 0.1) is 11.3 Å². The summed E-state index contributed by atoms with van der Waals surface area (Å²) in [5.41, 5.74) is -0.842. The molecule has 1 aromatic rings. The van der Waals surface area contributed by atoms with Crippen molar-refractivity contribution in [2.24, 2.45) is 0 Å². The summed E-state index contributed by atoms with van der Waals surface area (Å²) in [7, 11) is 0. The molecule has 2 unspecified atom stereocenters. The molecule has 2 atom stereocenters. The maximum atomic E-state index is 12.9. The summed E-state index contributed by atoms with van der Waals surface area (Å²) in [4.78, 5) is 0. The second-order valence-corrected chi connectivity index (χ2v) is 5.44. The Morgan fingerprint density at radius 3 is 2.81 bits per heavy atom. The van der Waals surface area contributed by atoms with Crippen LogP contribution in [0.25, 0.3) is 0 Å². The van der Waals surface area contributed by atoms with E-state index in [0.717, 1.165) is 31.9 Å². The molecule has 1 saturated heterocycles. The number of halogens is 3. The summed E-state index contributed by atoms with van der Waals surface area (Å²) in [6.45, 7) is 2.96. The van der Waals surface area contributed by atoms with E-state index in [9.17, 15) is 13.2 Å². The standard InChI is InChI=1S/C15H18F3N3/c1-10(7-12-3-2-6-20-12)21-13-5-4-11(9-19)14(8-13)15(16,17)18/h4-5,8,10,12,20-21H,2-3,6-7H2,1H3. The number of nitrogens with one attached hydrogen (secondary N) is 2. The Bertz CT molecular complexity index is 528. The number of rotatable bonds is 4. The molecule has 0 aliphatic carbocycles. The van der Waals surface area contributed by atoms with Crippen LogP contribution >= 0.6 is 0 Å². The summed E-state index contributed by atoms with van der Waals surface area (Å²) in [5, 5.41) is 15.2. The molecule has 0 amide bonds. The van der Waals surface area contributed by atoms with E-state index in [0.29, 0.717) is 11.7 Å². The SMILES string of the molecule is CC(CC1CCCN1)Nc1ccc(C#N)c(C(F)(F)F)c1. The molecule has 1 aromatic carbocycles. The second kappa shape index (κ2) is 6.35. The van der Waals surface area contributed by atoms with E-state index in [1.54, 1.807) is 6.07 Å². The van der Waals surface area contributed by atoms with Gasteiger partial charge in [0.25, 0.3) is 0 Å². The highest BCUT2D eigenvalue weighted by molar-refractivity contribution is 5.53. The zero-order chi connectivity index (χ0) is 15.5. The number of nitriles is 1. The number of anilines is 1. The highest BCUT2D eigenvalue weighted by Crippen LogP contribution is 2.33. The van der Waals surface area contributed by atoms with Gasteiger partial charge in [0.2, 0.25) is 0 Å². The first-order valence-corrected chi connectivity index (χ1v) is 7.01. The third-order valence-corrected chi connectivity index (χ3v) is 3.66. The van der Waals surface area contributed by atoms with Crippen LogP contribution in [0.4, 0.5) is 18.9 Å². The Labute approximate surface area is 122 Å². The van der Waals surface area contributed by atoms with Gasteiger partial charge in [0.1, 0.15) is 0 Å². The lowest BCUT2D eigenvalue weighted by Crippen LogP contribution is -2.29. The molecule has 2 N–H and O–H groups in total. The number of hydrogen-bond donors (Lipinski definition) is 2. The summed E-state index contributed by atoms with van der Waals surface area (Å²) in [5.74, 6) is 0. The molecule has 0 bridgehead atoms. The quantitative estimate of drug-likeness (QED) is 0.894. The Hall–Kier alpha value is -1.74. The van der Waals surface area contributed by atoms with Gasteiger partial charge in [-0.15, -0.1) is 0 Å². The lowest BCUT2D eigenvalue weighted by molar-refractivity contribution is -0.137. The molecule has 1 fully saturated rings. The third kappa shape index (κ3) is 4.11. The van der Waals surface area contributed by atoms with Crippen molar-refractivity contribution in [1.82, 2.24) is 5.32 Å². The zero-order valence-corrected chi connectivity index (χ0v) is 11.8. The minimum Gasteiger partial charge on any atom is -0.383 e. The molecule has 0 spiro atoms. The third-order valence-electron chi connectivity index (χ3n) is 3.66. The number of benzene rings is 1. The first-order chi connectivity index (χ1) is 9.90. The van der Waals surface area contributed by atoms with Crippen molar-refractivity contribution < 1.29 is 13.2 Å². The highest BCUT2D eigenvalue weighted by Gasteiger charge is 2.34. The van der Waals surface area contributed by atoms with Gasteiger partial charge in [-0.05, 0) is 50.9 Å². The Kier molecular flexibility index (Phi) is 4.73. The molecule has 0 saturated carbocycles. The van der Waals surface area contributed by atoms with E-state index in [-0.39, 0.29) is 11.6 Å². The van der Waals surface area contributed by atoms with Crippen LogP contribution in [-0.4, -0.2) is 18.6 Å². The van der Waals surface area contributed by atoms with Crippen molar-refractivity contribution in [3.05, 3.63) is 29.3 Å². The van der Waals surface area contributed by atoms with Crippen molar-refractivity contribution >= 4 is 5.69 Å². The normalized spacial score (nSPS) is 20.0. The Morgan fingerprint density at radius 2 is 2.24 bits per heavy atom. The van der Waals surface area contributed by atoms with Crippen molar-refractivity contribution in [3.8, 4) is 6.07 Å². The molecule has 2 rings (SSSR count). The minimum absolute atomic E-state index is 0.0645. The summed E-state index contributed by atoms with van der Waals surface area (Å²) >= 11 is 0. The van der Waals surface area contributed by atoms with Crippen LogP contribution in [0.2, 0.25) is 0 Å². The summed E-state index contributed by atoms with van der Waals surface area (Å²) in [6, 6.07) is 5.82. The molecule has 21 heavy (non-hydrogen) atoms. The molecule has 0 aromatic heterocycles. The van der Waals surface area contributed by atoms with E-state index in [2.05, 4.69) is 10.6 Å². The van der Waals surface area contributed by atoms with Gasteiger partial charge in [0.15, 0.2) is 0 Å². The van der Waals surface area contributed by atoms with Crippen molar-refractivity contribution in [2.75, 3.05) is 11.9 Å². The highest BCUT2D eigenvalue weighted by atomic mass is 19.4. The predicted molar refractivity (Wildman–Crippen MR) is 74.9 cm³/mol. The lowest BCUT2D eigenvalue weighted by Gasteiger charge is -2.20. The maximum Gasteiger partial charge on any atom is 0.417 e.